The molecule has 0 saturated heterocycles. The fraction of sp³-hybridized carbons (Fsp3) is 0.714. The van der Waals surface area contributed by atoms with Gasteiger partial charge in [0.2, 0.25) is 0 Å². The van der Waals surface area contributed by atoms with Gasteiger partial charge in [0.05, 0.1) is 6.42 Å². The van der Waals surface area contributed by atoms with Gasteiger partial charge < -0.3 is 15.3 Å². The van der Waals surface area contributed by atoms with Gasteiger partial charge in [0, 0.05) is 0 Å². The summed E-state index contributed by atoms with van der Waals surface area (Å²) < 4.78 is 1.42. The highest BCUT2D eigenvalue weighted by atomic mass is 16.4. The van der Waals surface area contributed by atoms with Crippen LogP contribution in [0.4, 0.5) is 0 Å². The molecule has 0 rings (SSSR count). The monoisotopic (exact) mass is 176 g/mol. The summed E-state index contributed by atoms with van der Waals surface area (Å²) in [5.74, 6) is -1.04. The number of aliphatic hydroxyl groups is 2. The number of aliphatic hydroxyl groups excluding tert-OH is 2. The van der Waals surface area contributed by atoms with Crippen LogP contribution in [0.1, 0.15) is 6.42 Å². The lowest BCUT2D eigenvalue weighted by Crippen LogP contribution is -2.27. The van der Waals surface area contributed by atoms with Crippen molar-refractivity contribution in [3.05, 3.63) is 0 Å². The van der Waals surface area contributed by atoms with Crippen LogP contribution in [0.3, 0.4) is 0 Å². The van der Waals surface area contributed by atoms with E-state index in [0.717, 1.165) is 0 Å². The highest BCUT2D eigenvalue weighted by Gasteiger charge is 2.14. The Morgan fingerprint density at radius 2 is 2.17 bits per heavy atom. The highest BCUT2D eigenvalue weighted by molar-refractivity contribution is 5.67. The fourth-order valence-electron chi connectivity index (χ4n) is 0.797. The quantitative estimate of drug-likeness (QED) is 0.341. The van der Waals surface area contributed by atoms with Crippen molar-refractivity contribution < 1.29 is 24.7 Å². The van der Waals surface area contributed by atoms with E-state index in [0.29, 0.717) is 6.54 Å². The molecule has 3 N–H and O–H groups in total. The molecule has 0 aromatic heterocycles. The van der Waals surface area contributed by atoms with E-state index in [1.165, 1.54) is 4.58 Å². The molecule has 0 aliphatic carbocycles. The minimum atomic E-state index is -1.04. The molecule has 0 aliphatic rings. The first kappa shape index (κ1) is 11.1. The van der Waals surface area contributed by atoms with Crippen LogP contribution in [0.25, 0.3) is 0 Å². The summed E-state index contributed by atoms with van der Waals surface area (Å²) in [4.78, 5) is 10.1. The maximum Gasteiger partial charge on any atom is 0.306 e. The molecule has 1 unspecified atom stereocenters. The van der Waals surface area contributed by atoms with Crippen molar-refractivity contribution in [3.8, 4) is 0 Å². The van der Waals surface area contributed by atoms with E-state index < -0.39 is 12.1 Å². The number of hydrogen-bond donors (Lipinski definition) is 3. The van der Waals surface area contributed by atoms with E-state index in [-0.39, 0.29) is 19.6 Å². The van der Waals surface area contributed by atoms with Gasteiger partial charge in [0.1, 0.15) is 19.4 Å². The Morgan fingerprint density at radius 3 is 2.58 bits per heavy atom. The Bertz CT molecular complexity index is 169. The van der Waals surface area contributed by atoms with Crippen LogP contribution >= 0.6 is 0 Å². The van der Waals surface area contributed by atoms with Gasteiger partial charge in [0.15, 0.2) is 13.1 Å². The third kappa shape index (κ3) is 5.82. The van der Waals surface area contributed by atoms with Crippen molar-refractivity contribution in [2.24, 2.45) is 0 Å². The first-order chi connectivity index (χ1) is 5.56. The second kappa shape index (κ2) is 5.68. The van der Waals surface area contributed by atoms with E-state index in [2.05, 4.69) is 6.72 Å². The molecule has 0 fully saturated rings. The lowest BCUT2D eigenvalue weighted by atomic mass is 10.2. The minimum absolute atomic E-state index is 0.0523. The topological polar surface area (TPSA) is 80.8 Å². The Labute approximate surface area is 70.6 Å². The van der Waals surface area contributed by atoms with Crippen molar-refractivity contribution in [2.45, 2.75) is 12.5 Å². The first-order valence-corrected chi connectivity index (χ1v) is 3.62. The van der Waals surface area contributed by atoms with Crippen LogP contribution in [0.2, 0.25) is 0 Å². The first-order valence-electron chi connectivity index (χ1n) is 3.62. The van der Waals surface area contributed by atoms with Gasteiger partial charge in [-0.15, -0.1) is 0 Å². The zero-order valence-electron chi connectivity index (χ0n) is 6.81. The highest BCUT2D eigenvalue weighted by Crippen LogP contribution is 1.91. The predicted molar refractivity (Wildman–Crippen MR) is 42.5 cm³/mol. The molecular weight excluding hydrogens is 162 g/mol. The average molecular weight is 176 g/mol. The molecule has 5 nitrogen and oxygen atoms in total. The molecule has 70 valence electrons. The molecule has 0 radical (unpaired) electrons. The van der Waals surface area contributed by atoms with Gasteiger partial charge in [-0.3, -0.25) is 4.79 Å². The summed E-state index contributed by atoms with van der Waals surface area (Å²) in [6, 6.07) is 0. The summed E-state index contributed by atoms with van der Waals surface area (Å²) in [5.41, 5.74) is 0. The van der Waals surface area contributed by atoms with Gasteiger partial charge in [-0.05, 0) is 0 Å². The van der Waals surface area contributed by atoms with Gasteiger partial charge in [-0.1, -0.05) is 0 Å². The summed E-state index contributed by atoms with van der Waals surface area (Å²) >= 11 is 0. The van der Waals surface area contributed by atoms with E-state index in [9.17, 15) is 4.79 Å². The number of nitrogens with zero attached hydrogens (tertiary/aromatic N) is 1. The molecule has 0 amide bonds. The van der Waals surface area contributed by atoms with Crippen LogP contribution in [-0.2, 0) is 4.79 Å². The van der Waals surface area contributed by atoms with Gasteiger partial charge in [-0.25, -0.2) is 4.58 Å². The predicted octanol–water partition coefficient (Wildman–Crippen LogP) is -1.47. The Morgan fingerprint density at radius 1 is 1.58 bits per heavy atom. The maximum atomic E-state index is 10.1. The zero-order chi connectivity index (χ0) is 9.56. The SMILES string of the molecule is C=[N+](CCO)CC(O)CC(=O)O. The second-order valence-electron chi connectivity index (χ2n) is 2.55. The Balaban J connectivity index is 3.61. The number of carboxylic acids is 1. The molecule has 0 spiro atoms. The summed E-state index contributed by atoms with van der Waals surface area (Å²) in [7, 11) is 0. The lowest BCUT2D eigenvalue weighted by Gasteiger charge is -2.05. The standard InChI is InChI=1S/C7H13NO4/c1-8(2-3-9)5-6(10)4-7(11)12/h6,9-10H,1-5H2/p+1. The smallest absolute Gasteiger partial charge is 0.306 e. The molecule has 0 heterocycles. The van der Waals surface area contributed by atoms with Crippen LogP contribution in [0.15, 0.2) is 0 Å². The molecule has 0 aromatic rings. The fourth-order valence-corrected chi connectivity index (χ4v) is 0.797. The number of rotatable bonds is 6. The summed E-state index contributed by atoms with van der Waals surface area (Å²) in [6.07, 6.45) is -1.22. The molecule has 0 aliphatic heterocycles. The molecule has 0 bridgehead atoms. The number of carbonyl (C=O) groups is 1. The Hall–Kier alpha value is -0.940. The second-order valence-corrected chi connectivity index (χ2v) is 2.55. The van der Waals surface area contributed by atoms with Gasteiger partial charge >= 0.3 is 5.97 Å². The van der Waals surface area contributed by atoms with Crippen LogP contribution in [0, 0.1) is 0 Å². The van der Waals surface area contributed by atoms with Crippen molar-refractivity contribution in [2.75, 3.05) is 19.7 Å². The van der Waals surface area contributed by atoms with E-state index in [4.69, 9.17) is 15.3 Å². The van der Waals surface area contributed by atoms with Crippen molar-refractivity contribution in [3.63, 3.8) is 0 Å². The summed E-state index contributed by atoms with van der Waals surface area (Å²) in [6.45, 7) is 3.93. The molecule has 0 saturated carbocycles. The normalized spacial score (nSPS) is 12.5. The molecule has 12 heavy (non-hydrogen) atoms. The minimum Gasteiger partial charge on any atom is -0.481 e. The third-order valence-corrected chi connectivity index (χ3v) is 1.30. The van der Waals surface area contributed by atoms with Crippen LogP contribution in [-0.4, -0.2) is 58.4 Å². The zero-order valence-corrected chi connectivity index (χ0v) is 6.81. The largest absolute Gasteiger partial charge is 0.481 e. The van der Waals surface area contributed by atoms with E-state index in [1.54, 1.807) is 0 Å². The third-order valence-electron chi connectivity index (χ3n) is 1.30. The average Bonchev–Trinajstić information content (AvgIpc) is 1.84. The molecule has 5 heteroatoms. The molecule has 1 atom stereocenters. The van der Waals surface area contributed by atoms with Gasteiger partial charge in [0.25, 0.3) is 0 Å². The number of carboxylic acid groups (broad SMARTS) is 1. The molecular formula is C7H14NO4+. The Kier molecular flexibility index (Phi) is 5.23. The van der Waals surface area contributed by atoms with Crippen molar-refractivity contribution >= 4 is 12.7 Å². The molecule has 0 aromatic carbocycles. The van der Waals surface area contributed by atoms with Gasteiger partial charge in [-0.2, -0.15) is 0 Å². The van der Waals surface area contributed by atoms with Crippen molar-refractivity contribution in [1.29, 1.82) is 0 Å². The number of aliphatic carboxylic acids is 1. The van der Waals surface area contributed by atoms with Crippen LogP contribution in [0.5, 0.6) is 0 Å². The summed E-state index contributed by atoms with van der Waals surface area (Å²) in [5, 5.41) is 25.8. The lowest BCUT2D eigenvalue weighted by molar-refractivity contribution is -0.530. The number of hydrogen-bond acceptors (Lipinski definition) is 3. The van der Waals surface area contributed by atoms with E-state index in [1.807, 2.05) is 0 Å². The van der Waals surface area contributed by atoms with Crippen molar-refractivity contribution in [1.82, 2.24) is 0 Å². The maximum absolute atomic E-state index is 10.1. The van der Waals surface area contributed by atoms with E-state index >= 15 is 0 Å². The van der Waals surface area contributed by atoms with Crippen LogP contribution < -0.4 is 0 Å².